The second-order valence-corrected chi connectivity index (χ2v) is 9.04. The minimum Gasteiger partial charge on any atom is -0.392 e. The number of carbonyl (C=O) groups is 1. The number of aromatic nitrogens is 7. The summed E-state index contributed by atoms with van der Waals surface area (Å²) in [7, 11) is 1.85. The van der Waals surface area contributed by atoms with Gasteiger partial charge in [0.2, 0.25) is 5.95 Å². The third kappa shape index (κ3) is 5.09. The smallest absolute Gasteiger partial charge is 0.270 e. The summed E-state index contributed by atoms with van der Waals surface area (Å²) >= 11 is 0. The molecule has 5 rings (SSSR count). The van der Waals surface area contributed by atoms with Crippen molar-refractivity contribution in [2.45, 2.75) is 32.0 Å². The first-order valence-corrected chi connectivity index (χ1v) is 11.7. The van der Waals surface area contributed by atoms with Crippen LogP contribution in [0.25, 0.3) is 11.3 Å². The van der Waals surface area contributed by atoms with Crippen LogP contribution in [-0.2, 0) is 13.6 Å². The van der Waals surface area contributed by atoms with Crippen molar-refractivity contribution < 1.29 is 9.90 Å². The second-order valence-electron chi connectivity index (χ2n) is 9.04. The zero-order chi connectivity index (χ0) is 25.2. The zero-order valence-electron chi connectivity index (χ0n) is 20.1. The Morgan fingerprint density at radius 2 is 2.17 bits per heavy atom. The van der Waals surface area contributed by atoms with Gasteiger partial charge >= 0.3 is 0 Å². The number of carbonyl (C=O) groups excluding carboxylic acids is 1. The first-order chi connectivity index (χ1) is 17.4. The third-order valence-corrected chi connectivity index (χ3v) is 6.13. The maximum atomic E-state index is 11.6. The van der Waals surface area contributed by atoms with E-state index in [1.54, 1.807) is 34.9 Å². The van der Waals surface area contributed by atoms with E-state index in [4.69, 9.17) is 10.7 Å². The summed E-state index contributed by atoms with van der Waals surface area (Å²) in [5, 5.41) is 25.5. The van der Waals surface area contributed by atoms with Gasteiger partial charge in [0, 0.05) is 44.6 Å². The molecule has 0 radical (unpaired) electrons. The van der Waals surface area contributed by atoms with Crippen molar-refractivity contribution in [2.24, 2.45) is 12.8 Å². The second kappa shape index (κ2) is 9.84. The highest BCUT2D eigenvalue weighted by Crippen LogP contribution is 2.33. The average molecular weight is 489 g/mol. The number of amides is 1. The number of benzene rings is 1. The number of hydrogen-bond donors (Lipinski definition) is 3. The predicted molar refractivity (Wildman–Crippen MR) is 132 cm³/mol. The molecule has 186 valence electrons. The lowest BCUT2D eigenvalue weighted by molar-refractivity contribution is 0.0995. The molecule has 4 N–H and O–H groups in total. The lowest BCUT2D eigenvalue weighted by atomic mass is 9.96. The van der Waals surface area contributed by atoms with E-state index in [1.165, 1.54) is 0 Å². The van der Waals surface area contributed by atoms with Crippen molar-refractivity contribution >= 4 is 17.5 Å². The summed E-state index contributed by atoms with van der Waals surface area (Å²) < 4.78 is 3.40. The van der Waals surface area contributed by atoms with E-state index in [0.717, 1.165) is 41.0 Å². The van der Waals surface area contributed by atoms with Gasteiger partial charge in [-0.3, -0.25) is 14.4 Å². The van der Waals surface area contributed by atoms with Crippen LogP contribution in [0.15, 0.2) is 49.1 Å². The molecule has 1 aromatic carbocycles. The number of β-amino-alcohol motifs (C(OH)–C–C–N with tert-alkyl or cyclic N) is 1. The Labute approximate surface area is 207 Å². The monoisotopic (exact) mass is 488 g/mol. The van der Waals surface area contributed by atoms with E-state index in [1.807, 2.05) is 25.4 Å². The van der Waals surface area contributed by atoms with Crippen molar-refractivity contribution in [1.82, 2.24) is 39.6 Å². The number of hydrogen-bond acceptors (Lipinski definition) is 9. The molecule has 12 heteroatoms. The van der Waals surface area contributed by atoms with Gasteiger partial charge in [0.25, 0.3) is 5.91 Å². The van der Waals surface area contributed by atoms with Crippen LogP contribution in [-0.4, -0.2) is 69.8 Å². The Morgan fingerprint density at radius 3 is 2.89 bits per heavy atom. The highest BCUT2D eigenvalue weighted by atomic mass is 16.3. The van der Waals surface area contributed by atoms with E-state index >= 15 is 0 Å². The van der Waals surface area contributed by atoms with E-state index in [0.29, 0.717) is 19.0 Å². The van der Waals surface area contributed by atoms with Crippen molar-refractivity contribution in [3.05, 3.63) is 65.9 Å². The number of aryl methyl sites for hydroxylation is 1. The largest absolute Gasteiger partial charge is 0.392 e. The molecule has 1 amide bonds. The van der Waals surface area contributed by atoms with Crippen LogP contribution in [0.5, 0.6) is 0 Å². The van der Waals surface area contributed by atoms with Gasteiger partial charge in [0.1, 0.15) is 0 Å². The van der Waals surface area contributed by atoms with Gasteiger partial charge in [-0.15, -0.1) is 5.10 Å². The molecule has 36 heavy (non-hydrogen) atoms. The minimum atomic E-state index is -0.611. The van der Waals surface area contributed by atoms with Gasteiger partial charge in [-0.2, -0.15) is 5.10 Å². The first kappa shape index (κ1) is 23.6. The van der Waals surface area contributed by atoms with Crippen LogP contribution in [0.3, 0.4) is 0 Å². The fourth-order valence-electron chi connectivity index (χ4n) is 4.55. The van der Waals surface area contributed by atoms with Crippen LogP contribution in [0, 0.1) is 0 Å². The standard InChI is InChI=1S/C24H28N10O2/c1-15(35)11-33-8-6-22(34-14-21(23(25)36)30-31-34)19-4-3-16(9-17(19)12-33)20-5-7-26-24(29-20)28-18-10-27-32(2)13-18/h3-5,7,9-10,13-15,22,35H,6,8,11-12H2,1-2H3,(H2,25,36)(H,26,28,29)/t15-,22-/m0/s1. The molecule has 0 saturated carbocycles. The molecule has 0 saturated heterocycles. The Bertz CT molecular complexity index is 1380. The van der Waals surface area contributed by atoms with Crippen LogP contribution in [0.4, 0.5) is 11.6 Å². The summed E-state index contributed by atoms with van der Waals surface area (Å²) in [6, 6.07) is 7.96. The molecule has 0 spiro atoms. The number of rotatable bonds is 7. The number of nitrogens with two attached hydrogens (primary N) is 1. The van der Waals surface area contributed by atoms with Crippen molar-refractivity contribution in [1.29, 1.82) is 0 Å². The number of primary amides is 1. The molecule has 0 unspecified atom stereocenters. The molecule has 2 atom stereocenters. The summed E-state index contributed by atoms with van der Waals surface area (Å²) in [5.41, 5.74) is 10.2. The predicted octanol–water partition coefficient (Wildman–Crippen LogP) is 1.49. The van der Waals surface area contributed by atoms with Crippen LogP contribution in [0.1, 0.15) is 41.0 Å². The number of aliphatic hydroxyl groups is 1. The van der Waals surface area contributed by atoms with E-state index < -0.39 is 12.0 Å². The zero-order valence-corrected chi connectivity index (χ0v) is 20.1. The number of aliphatic hydroxyl groups excluding tert-OH is 1. The molecular formula is C24H28N10O2. The molecule has 0 fully saturated rings. The summed E-state index contributed by atoms with van der Waals surface area (Å²) in [6.45, 7) is 3.74. The van der Waals surface area contributed by atoms with Gasteiger partial charge in [-0.05, 0) is 36.6 Å². The molecule has 3 aromatic heterocycles. The quantitative estimate of drug-likeness (QED) is 0.351. The van der Waals surface area contributed by atoms with Crippen LogP contribution in [0.2, 0.25) is 0 Å². The van der Waals surface area contributed by atoms with Crippen LogP contribution >= 0.6 is 0 Å². The first-order valence-electron chi connectivity index (χ1n) is 11.7. The van der Waals surface area contributed by atoms with Gasteiger partial charge in [-0.1, -0.05) is 17.3 Å². The molecule has 4 aromatic rings. The minimum absolute atomic E-state index is 0.123. The SMILES string of the molecule is C[C@H](O)CN1CC[C@H](n2cc(C(N)=O)nn2)c2ccc(-c3ccnc(Nc4cnn(C)c4)n3)cc2C1. The van der Waals surface area contributed by atoms with E-state index in [9.17, 15) is 9.90 Å². The molecule has 4 heterocycles. The molecule has 0 aliphatic carbocycles. The Balaban J connectivity index is 1.49. The Morgan fingerprint density at radius 1 is 1.31 bits per heavy atom. The summed E-state index contributed by atoms with van der Waals surface area (Å²) in [6.07, 6.45) is 7.16. The fourth-order valence-corrected chi connectivity index (χ4v) is 4.55. The number of anilines is 2. The molecule has 0 bridgehead atoms. The lowest BCUT2D eigenvalue weighted by Crippen LogP contribution is -2.31. The number of fused-ring (bicyclic) bond motifs is 1. The van der Waals surface area contributed by atoms with Gasteiger partial charge in [0.15, 0.2) is 5.69 Å². The molecule has 1 aliphatic heterocycles. The number of nitrogens with zero attached hydrogens (tertiary/aromatic N) is 8. The lowest BCUT2D eigenvalue weighted by Gasteiger charge is -2.22. The fraction of sp³-hybridized carbons (Fsp3) is 0.333. The maximum Gasteiger partial charge on any atom is 0.270 e. The van der Waals surface area contributed by atoms with Gasteiger partial charge in [-0.25, -0.2) is 14.6 Å². The summed E-state index contributed by atoms with van der Waals surface area (Å²) in [5.74, 6) is -0.133. The topological polar surface area (TPSA) is 153 Å². The molecule has 1 aliphatic rings. The molecule has 12 nitrogen and oxygen atoms in total. The normalized spacial score (nSPS) is 16.8. The Hall–Kier alpha value is -4.16. The summed E-state index contributed by atoms with van der Waals surface area (Å²) in [4.78, 5) is 22.8. The maximum absolute atomic E-state index is 11.6. The van der Waals surface area contributed by atoms with Crippen LogP contribution < -0.4 is 11.1 Å². The van der Waals surface area contributed by atoms with Crippen molar-refractivity contribution in [3.8, 4) is 11.3 Å². The average Bonchev–Trinajstić information content (AvgIpc) is 3.45. The highest BCUT2D eigenvalue weighted by molar-refractivity contribution is 5.90. The van der Waals surface area contributed by atoms with Gasteiger partial charge in [0.05, 0.1) is 35.9 Å². The van der Waals surface area contributed by atoms with Crippen molar-refractivity contribution in [2.75, 3.05) is 18.4 Å². The Kier molecular flexibility index (Phi) is 6.44. The van der Waals surface area contributed by atoms with E-state index in [2.05, 4.69) is 42.7 Å². The van der Waals surface area contributed by atoms with Gasteiger partial charge < -0.3 is 16.2 Å². The van der Waals surface area contributed by atoms with E-state index in [-0.39, 0.29) is 11.7 Å². The number of nitrogens with one attached hydrogen (secondary N) is 1. The molecular weight excluding hydrogens is 460 g/mol. The van der Waals surface area contributed by atoms with Crippen molar-refractivity contribution in [3.63, 3.8) is 0 Å². The highest BCUT2D eigenvalue weighted by Gasteiger charge is 2.26. The third-order valence-electron chi connectivity index (χ3n) is 6.13.